The Morgan fingerprint density at radius 1 is 1.24 bits per heavy atom. The SMILES string of the molecule is COCCNc1cc(-c2ccc(OC(F)(F)F)cc2)[nH]n1. The largest absolute Gasteiger partial charge is 0.573 e. The van der Waals surface area contributed by atoms with Gasteiger partial charge in [0.05, 0.1) is 12.3 Å². The van der Waals surface area contributed by atoms with Gasteiger partial charge in [0.15, 0.2) is 0 Å². The summed E-state index contributed by atoms with van der Waals surface area (Å²) in [5, 5.41) is 9.88. The quantitative estimate of drug-likeness (QED) is 0.805. The highest BCUT2D eigenvalue weighted by atomic mass is 19.4. The highest BCUT2D eigenvalue weighted by Gasteiger charge is 2.30. The fourth-order valence-corrected chi connectivity index (χ4v) is 1.68. The molecule has 0 radical (unpaired) electrons. The van der Waals surface area contributed by atoms with Crippen LogP contribution in [0, 0.1) is 0 Å². The Hall–Kier alpha value is -2.22. The fourth-order valence-electron chi connectivity index (χ4n) is 1.68. The van der Waals surface area contributed by atoms with Crippen LogP contribution in [0.15, 0.2) is 30.3 Å². The smallest absolute Gasteiger partial charge is 0.406 e. The lowest BCUT2D eigenvalue weighted by atomic mass is 10.1. The number of hydrogen-bond donors (Lipinski definition) is 2. The van der Waals surface area contributed by atoms with E-state index in [9.17, 15) is 13.2 Å². The summed E-state index contributed by atoms with van der Waals surface area (Å²) in [6.07, 6.45) is -4.69. The van der Waals surface area contributed by atoms with Crippen LogP contribution in [0.5, 0.6) is 5.75 Å². The number of anilines is 1. The summed E-state index contributed by atoms with van der Waals surface area (Å²) in [6, 6.07) is 7.31. The molecule has 2 rings (SSSR count). The maximum absolute atomic E-state index is 12.1. The molecule has 8 heteroatoms. The van der Waals surface area contributed by atoms with Gasteiger partial charge in [-0.3, -0.25) is 5.10 Å². The average molecular weight is 301 g/mol. The number of aromatic nitrogens is 2. The minimum absolute atomic E-state index is 0.260. The summed E-state index contributed by atoms with van der Waals surface area (Å²) in [6.45, 7) is 1.16. The molecule has 0 aliphatic carbocycles. The Labute approximate surface area is 119 Å². The maximum atomic E-state index is 12.1. The highest BCUT2D eigenvalue weighted by molar-refractivity contribution is 5.63. The van der Waals surface area contributed by atoms with Crippen molar-refractivity contribution in [1.29, 1.82) is 0 Å². The van der Waals surface area contributed by atoms with Gasteiger partial charge in [0.1, 0.15) is 11.6 Å². The number of rotatable bonds is 6. The van der Waals surface area contributed by atoms with E-state index in [1.165, 1.54) is 24.3 Å². The summed E-state index contributed by atoms with van der Waals surface area (Å²) >= 11 is 0. The molecule has 0 fully saturated rings. The topological polar surface area (TPSA) is 59.2 Å². The minimum atomic E-state index is -4.69. The van der Waals surface area contributed by atoms with Gasteiger partial charge >= 0.3 is 6.36 Å². The molecule has 0 unspecified atom stereocenters. The number of nitrogens with one attached hydrogen (secondary N) is 2. The van der Waals surface area contributed by atoms with E-state index in [0.717, 1.165) is 0 Å². The van der Waals surface area contributed by atoms with Crippen molar-refractivity contribution < 1.29 is 22.6 Å². The lowest BCUT2D eigenvalue weighted by molar-refractivity contribution is -0.274. The van der Waals surface area contributed by atoms with Gasteiger partial charge in [-0.15, -0.1) is 13.2 Å². The van der Waals surface area contributed by atoms with Gasteiger partial charge in [0, 0.05) is 19.7 Å². The van der Waals surface area contributed by atoms with E-state index in [1.54, 1.807) is 13.2 Å². The zero-order valence-corrected chi connectivity index (χ0v) is 11.2. The van der Waals surface area contributed by atoms with Gasteiger partial charge in [-0.25, -0.2) is 0 Å². The molecule has 1 aromatic heterocycles. The van der Waals surface area contributed by atoms with Gasteiger partial charge < -0.3 is 14.8 Å². The summed E-state index contributed by atoms with van der Waals surface area (Å²) in [7, 11) is 1.60. The number of H-pyrrole nitrogens is 1. The monoisotopic (exact) mass is 301 g/mol. The van der Waals surface area contributed by atoms with E-state index in [1.807, 2.05) is 0 Å². The second-order valence-corrected chi connectivity index (χ2v) is 4.16. The highest BCUT2D eigenvalue weighted by Crippen LogP contribution is 2.26. The molecule has 0 amide bonds. The second kappa shape index (κ2) is 6.49. The van der Waals surface area contributed by atoms with Crippen LogP contribution in [-0.4, -0.2) is 36.8 Å². The molecule has 1 heterocycles. The van der Waals surface area contributed by atoms with Gasteiger partial charge in [-0.2, -0.15) is 5.10 Å². The molecular formula is C13H14F3N3O2. The predicted molar refractivity (Wildman–Crippen MR) is 71.1 cm³/mol. The van der Waals surface area contributed by atoms with Crippen molar-refractivity contribution in [3.8, 4) is 17.0 Å². The maximum Gasteiger partial charge on any atom is 0.573 e. The van der Waals surface area contributed by atoms with Crippen molar-refractivity contribution in [3.63, 3.8) is 0 Å². The van der Waals surface area contributed by atoms with Crippen LogP contribution in [0.4, 0.5) is 19.0 Å². The van der Waals surface area contributed by atoms with Crippen molar-refractivity contribution in [2.24, 2.45) is 0 Å². The Kier molecular flexibility index (Phi) is 4.69. The normalized spacial score (nSPS) is 11.4. The second-order valence-electron chi connectivity index (χ2n) is 4.16. The molecule has 2 aromatic rings. The number of halogens is 3. The van der Waals surface area contributed by atoms with E-state index in [0.29, 0.717) is 30.2 Å². The van der Waals surface area contributed by atoms with E-state index in [-0.39, 0.29) is 5.75 Å². The average Bonchev–Trinajstić information content (AvgIpc) is 2.87. The zero-order valence-electron chi connectivity index (χ0n) is 11.2. The lowest BCUT2D eigenvalue weighted by Gasteiger charge is -2.08. The Morgan fingerprint density at radius 2 is 1.95 bits per heavy atom. The number of nitrogens with zero attached hydrogens (tertiary/aromatic N) is 1. The first-order valence-electron chi connectivity index (χ1n) is 6.12. The molecule has 114 valence electrons. The van der Waals surface area contributed by atoms with Crippen molar-refractivity contribution >= 4 is 5.82 Å². The van der Waals surface area contributed by atoms with Crippen LogP contribution in [0.25, 0.3) is 11.3 Å². The Balaban J connectivity index is 2.02. The molecule has 0 saturated carbocycles. The van der Waals surface area contributed by atoms with Crippen molar-refractivity contribution in [2.45, 2.75) is 6.36 Å². The Morgan fingerprint density at radius 3 is 2.57 bits per heavy atom. The van der Waals surface area contributed by atoms with Crippen LogP contribution in [0.2, 0.25) is 0 Å². The Bertz CT molecular complexity index is 567. The first kappa shape index (κ1) is 15.2. The molecule has 1 aromatic carbocycles. The minimum Gasteiger partial charge on any atom is -0.406 e. The number of aromatic amines is 1. The van der Waals surface area contributed by atoms with Crippen LogP contribution >= 0.6 is 0 Å². The van der Waals surface area contributed by atoms with Crippen molar-refractivity contribution in [2.75, 3.05) is 25.6 Å². The predicted octanol–water partition coefficient (Wildman–Crippen LogP) is 3.03. The van der Waals surface area contributed by atoms with Crippen molar-refractivity contribution in [3.05, 3.63) is 30.3 Å². The summed E-state index contributed by atoms with van der Waals surface area (Å²) in [5.74, 6) is 0.377. The van der Waals surface area contributed by atoms with Crippen LogP contribution in [0.3, 0.4) is 0 Å². The molecule has 0 aliphatic rings. The molecule has 2 N–H and O–H groups in total. The molecule has 0 aliphatic heterocycles. The molecular weight excluding hydrogens is 287 g/mol. The number of benzene rings is 1. The summed E-state index contributed by atoms with van der Waals surface area (Å²) in [4.78, 5) is 0. The van der Waals surface area contributed by atoms with E-state index < -0.39 is 6.36 Å². The van der Waals surface area contributed by atoms with Gasteiger partial charge in [-0.1, -0.05) is 0 Å². The van der Waals surface area contributed by atoms with E-state index in [2.05, 4.69) is 20.3 Å². The van der Waals surface area contributed by atoms with Gasteiger partial charge in [-0.05, 0) is 29.8 Å². The van der Waals surface area contributed by atoms with E-state index in [4.69, 9.17) is 4.74 Å². The van der Waals surface area contributed by atoms with E-state index >= 15 is 0 Å². The standard InChI is InChI=1S/C13H14F3N3O2/c1-20-7-6-17-12-8-11(18-19-12)9-2-4-10(5-3-9)21-13(14,15)16/h2-5,8H,6-7H2,1H3,(H2,17,18,19). The van der Waals surface area contributed by atoms with Gasteiger partial charge in [0.2, 0.25) is 0 Å². The molecule has 21 heavy (non-hydrogen) atoms. The number of ether oxygens (including phenoxy) is 2. The first-order chi connectivity index (χ1) is 9.98. The molecule has 5 nitrogen and oxygen atoms in total. The van der Waals surface area contributed by atoms with Crippen LogP contribution < -0.4 is 10.1 Å². The molecule has 0 atom stereocenters. The molecule has 0 spiro atoms. The zero-order chi connectivity index (χ0) is 15.3. The molecule has 0 saturated heterocycles. The molecule has 0 bridgehead atoms. The fraction of sp³-hybridized carbons (Fsp3) is 0.308. The van der Waals surface area contributed by atoms with Gasteiger partial charge in [0.25, 0.3) is 0 Å². The summed E-state index contributed by atoms with van der Waals surface area (Å²) < 4.78 is 44.9. The first-order valence-corrected chi connectivity index (χ1v) is 6.12. The van der Waals surface area contributed by atoms with Crippen LogP contribution in [-0.2, 0) is 4.74 Å². The third-order valence-electron chi connectivity index (χ3n) is 2.59. The number of methoxy groups -OCH3 is 1. The lowest BCUT2D eigenvalue weighted by Crippen LogP contribution is -2.16. The number of alkyl halides is 3. The van der Waals surface area contributed by atoms with Crippen LogP contribution in [0.1, 0.15) is 0 Å². The van der Waals surface area contributed by atoms with Crippen molar-refractivity contribution in [1.82, 2.24) is 10.2 Å². The third kappa shape index (κ3) is 4.67. The summed E-state index contributed by atoms with van der Waals surface area (Å²) in [5.41, 5.74) is 1.39. The number of hydrogen-bond acceptors (Lipinski definition) is 4. The third-order valence-corrected chi connectivity index (χ3v) is 2.59.